The molecule has 1 aromatic carbocycles. The lowest BCUT2D eigenvalue weighted by atomic mass is 10.2. The Kier molecular flexibility index (Phi) is 2.25. The number of aromatic nitrogens is 2. The largest absolute Gasteiger partial charge is 0.326 e. The summed E-state index contributed by atoms with van der Waals surface area (Å²) in [5, 5.41) is 3.38. The summed E-state index contributed by atoms with van der Waals surface area (Å²) in [5.41, 5.74) is 2.29. The Labute approximate surface area is 96.6 Å². The van der Waals surface area contributed by atoms with E-state index in [1.165, 1.54) is 11.9 Å². The van der Waals surface area contributed by atoms with Crippen LogP contribution in [-0.2, 0) is 0 Å². The van der Waals surface area contributed by atoms with Crippen molar-refractivity contribution in [2.75, 3.05) is 13.1 Å². The fourth-order valence-corrected chi connectivity index (χ4v) is 2.52. The number of nitrogens with zero attached hydrogens (tertiary/aromatic N) is 2. The van der Waals surface area contributed by atoms with E-state index in [4.69, 9.17) is 0 Å². The van der Waals surface area contributed by atoms with E-state index in [9.17, 15) is 0 Å². The molecule has 78 valence electrons. The van der Waals surface area contributed by atoms with E-state index >= 15 is 0 Å². The summed E-state index contributed by atoms with van der Waals surface area (Å²) >= 11 is 3.46. The average Bonchev–Trinajstić information content (AvgIpc) is 2.82. The molecule has 1 aliphatic rings. The van der Waals surface area contributed by atoms with Crippen molar-refractivity contribution < 1.29 is 0 Å². The van der Waals surface area contributed by atoms with E-state index in [0.717, 1.165) is 23.1 Å². The third-order valence-electron chi connectivity index (χ3n) is 2.96. The third kappa shape index (κ3) is 1.58. The van der Waals surface area contributed by atoms with E-state index < -0.39 is 0 Å². The van der Waals surface area contributed by atoms with Gasteiger partial charge in [0.25, 0.3) is 0 Å². The van der Waals surface area contributed by atoms with Crippen LogP contribution < -0.4 is 5.32 Å². The maximum Gasteiger partial charge on any atom is 0.0961 e. The van der Waals surface area contributed by atoms with Crippen molar-refractivity contribution in [3.8, 4) is 0 Å². The predicted octanol–water partition coefficient (Wildman–Crippen LogP) is 2.33. The Morgan fingerprint density at radius 3 is 3.20 bits per heavy atom. The van der Waals surface area contributed by atoms with Crippen LogP contribution in [0.4, 0.5) is 0 Å². The number of fused-ring (bicyclic) bond motifs is 1. The van der Waals surface area contributed by atoms with Gasteiger partial charge in [0.05, 0.1) is 17.4 Å². The van der Waals surface area contributed by atoms with Crippen molar-refractivity contribution in [3.63, 3.8) is 0 Å². The highest BCUT2D eigenvalue weighted by Crippen LogP contribution is 2.24. The van der Waals surface area contributed by atoms with Gasteiger partial charge in [0.1, 0.15) is 0 Å². The summed E-state index contributed by atoms with van der Waals surface area (Å²) in [7, 11) is 0. The molecule has 0 radical (unpaired) electrons. The molecule has 0 aliphatic carbocycles. The predicted molar refractivity (Wildman–Crippen MR) is 64.0 cm³/mol. The van der Waals surface area contributed by atoms with Crippen LogP contribution in [0.15, 0.2) is 29.0 Å². The zero-order chi connectivity index (χ0) is 10.3. The standard InChI is InChI=1S/C11H12BrN3/c12-8-1-2-11-10(5-8)14-7-15(11)9-3-4-13-6-9/h1-2,5,7,9,13H,3-4,6H2. The summed E-state index contributed by atoms with van der Waals surface area (Å²) < 4.78 is 3.37. The second-order valence-electron chi connectivity index (χ2n) is 3.93. The zero-order valence-electron chi connectivity index (χ0n) is 8.28. The topological polar surface area (TPSA) is 29.9 Å². The summed E-state index contributed by atoms with van der Waals surface area (Å²) in [4.78, 5) is 4.43. The molecule has 1 aliphatic heterocycles. The monoisotopic (exact) mass is 265 g/mol. The number of halogens is 1. The Balaban J connectivity index is 2.11. The highest BCUT2D eigenvalue weighted by Gasteiger charge is 2.17. The first-order valence-corrected chi connectivity index (χ1v) is 5.97. The van der Waals surface area contributed by atoms with Crippen molar-refractivity contribution in [1.29, 1.82) is 0 Å². The van der Waals surface area contributed by atoms with Gasteiger partial charge in [-0.1, -0.05) is 15.9 Å². The Bertz CT molecular complexity index is 486. The smallest absolute Gasteiger partial charge is 0.0961 e. The minimum Gasteiger partial charge on any atom is -0.326 e. The Hall–Kier alpha value is -0.870. The first-order valence-electron chi connectivity index (χ1n) is 5.17. The number of rotatable bonds is 1. The highest BCUT2D eigenvalue weighted by molar-refractivity contribution is 9.10. The van der Waals surface area contributed by atoms with Crippen molar-refractivity contribution in [2.24, 2.45) is 0 Å². The summed E-state index contributed by atoms with van der Waals surface area (Å²) in [6.07, 6.45) is 3.15. The molecule has 1 unspecified atom stereocenters. The normalized spacial score (nSPS) is 21.3. The lowest BCUT2D eigenvalue weighted by Crippen LogP contribution is -2.12. The van der Waals surface area contributed by atoms with Crippen LogP contribution in [0.2, 0.25) is 0 Å². The number of hydrogen-bond donors (Lipinski definition) is 1. The lowest BCUT2D eigenvalue weighted by molar-refractivity contribution is 0.561. The zero-order valence-corrected chi connectivity index (χ0v) is 9.87. The molecule has 1 fully saturated rings. The van der Waals surface area contributed by atoms with E-state index in [-0.39, 0.29) is 0 Å². The molecule has 0 amide bonds. The van der Waals surface area contributed by atoms with E-state index in [2.05, 4.69) is 49.0 Å². The minimum absolute atomic E-state index is 0.566. The second-order valence-corrected chi connectivity index (χ2v) is 4.85. The third-order valence-corrected chi connectivity index (χ3v) is 3.46. The van der Waals surface area contributed by atoms with Gasteiger partial charge in [-0.2, -0.15) is 0 Å². The molecule has 1 atom stereocenters. The van der Waals surface area contributed by atoms with Gasteiger partial charge in [-0.15, -0.1) is 0 Å². The number of imidazole rings is 1. The first kappa shape index (κ1) is 9.36. The first-order chi connectivity index (χ1) is 7.34. The average molecular weight is 266 g/mol. The van der Waals surface area contributed by atoms with Crippen molar-refractivity contribution in [1.82, 2.24) is 14.9 Å². The SMILES string of the molecule is Brc1ccc2c(c1)ncn2C1CCNC1. The number of nitrogens with one attached hydrogen (secondary N) is 1. The van der Waals surface area contributed by atoms with Gasteiger partial charge in [0, 0.05) is 17.1 Å². The van der Waals surface area contributed by atoms with Gasteiger partial charge < -0.3 is 9.88 Å². The molecule has 1 saturated heterocycles. The molecular formula is C11H12BrN3. The molecule has 3 rings (SSSR count). The van der Waals surface area contributed by atoms with Crippen LogP contribution in [0, 0.1) is 0 Å². The van der Waals surface area contributed by atoms with Crippen LogP contribution in [0.3, 0.4) is 0 Å². The number of hydrogen-bond acceptors (Lipinski definition) is 2. The molecule has 0 spiro atoms. The molecule has 2 aromatic rings. The summed E-state index contributed by atoms with van der Waals surface area (Å²) in [5.74, 6) is 0. The van der Waals surface area contributed by atoms with Gasteiger partial charge >= 0.3 is 0 Å². The van der Waals surface area contributed by atoms with E-state index in [0.29, 0.717) is 6.04 Å². The van der Waals surface area contributed by atoms with Crippen LogP contribution >= 0.6 is 15.9 Å². The van der Waals surface area contributed by atoms with Crippen molar-refractivity contribution >= 4 is 27.0 Å². The summed E-state index contributed by atoms with van der Waals surface area (Å²) in [6, 6.07) is 6.83. The molecule has 0 saturated carbocycles. The second kappa shape index (κ2) is 3.61. The fourth-order valence-electron chi connectivity index (χ4n) is 2.17. The fraction of sp³-hybridized carbons (Fsp3) is 0.364. The van der Waals surface area contributed by atoms with Gasteiger partial charge in [-0.3, -0.25) is 0 Å². The molecule has 2 heterocycles. The molecule has 15 heavy (non-hydrogen) atoms. The Morgan fingerprint density at radius 2 is 2.40 bits per heavy atom. The van der Waals surface area contributed by atoms with Gasteiger partial charge in [0.15, 0.2) is 0 Å². The van der Waals surface area contributed by atoms with E-state index in [1.54, 1.807) is 0 Å². The quantitative estimate of drug-likeness (QED) is 0.858. The molecule has 3 nitrogen and oxygen atoms in total. The highest BCUT2D eigenvalue weighted by atomic mass is 79.9. The van der Waals surface area contributed by atoms with Gasteiger partial charge in [-0.25, -0.2) is 4.98 Å². The van der Waals surface area contributed by atoms with Crippen molar-refractivity contribution in [3.05, 3.63) is 29.0 Å². The minimum atomic E-state index is 0.566. The lowest BCUT2D eigenvalue weighted by Gasteiger charge is -2.11. The molecule has 1 aromatic heterocycles. The van der Waals surface area contributed by atoms with Crippen LogP contribution in [0.25, 0.3) is 11.0 Å². The van der Waals surface area contributed by atoms with Crippen molar-refractivity contribution in [2.45, 2.75) is 12.5 Å². The molecular weight excluding hydrogens is 254 g/mol. The summed E-state index contributed by atoms with van der Waals surface area (Å²) in [6.45, 7) is 2.17. The maximum absolute atomic E-state index is 4.43. The molecule has 1 N–H and O–H groups in total. The van der Waals surface area contributed by atoms with Gasteiger partial charge in [-0.05, 0) is 31.2 Å². The van der Waals surface area contributed by atoms with Crippen LogP contribution in [0.5, 0.6) is 0 Å². The molecule has 0 bridgehead atoms. The van der Waals surface area contributed by atoms with Gasteiger partial charge in [0.2, 0.25) is 0 Å². The van der Waals surface area contributed by atoms with E-state index in [1.807, 2.05) is 6.33 Å². The maximum atomic E-state index is 4.43. The molecule has 4 heteroatoms. The number of benzene rings is 1. The van der Waals surface area contributed by atoms with Crippen LogP contribution in [0.1, 0.15) is 12.5 Å². The van der Waals surface area contributed by atoms with Crippen LogP contribution in [-0.4, -0.2) is 22.6 Å². The Morgan fingerprint density at radius 1 is 1.47 bits per heavy atom.